The summed E-state index contributed by atoms with van der Waals surface area (Å²) in [5.74, 6) is -2.36. The second-order valence-electron chi connectivity index (χ2n) is 17.5. The van der Waals surface area contributed by atoms with E-state index in [9.17, 15) is 15.0 Å². The minimum atomic E-state index is -1.41. The van der Waals surface area contributed by atoms with Crippen LogP contribution in [0.1, 0.15) is 101 Å². The number of nitrogens with zero attached hydrogens (tertiary/aromatic N) is 1. The Hall–Kier alpha value is -1.23. The summed E-state index contributed by atoms with van der Waals surface area (Å²) in [4.78, 5) is 16.5. The Labute approximate surface area is 332 Å². The topological polar surface area (TPSA) is 144 Å². The molecular weight excluding hydrogens is 710 g/mol. The van der Waals surface area contributed by atoms with Crippen molar-refractivity contribution in [2.24, 2.45) is 23.7 Å². The Morgan fingerprint density at radius 2 is 1.55 bits per heavy atom. The van der Waals surface area contributed by atoms with Crippen molar-refractivity contribution in [3.8, 4) is 0 Å². The van der Waals surface area contributed by atoms with E-state index in [1.54, 1.807) is 42.3 Å². The average molecular weight is 788 g/mol. The number of carbonyl (C=O) groups excluding carboxylic acids is 1. The first-order valence-electron chi connectivity index (χ1n) is 20.3. The summed E-state index contributed by atoms with van der Waals surface area (Å²) in [6.45, 7) is 19.8. The maximum absolute atomic E-state index is 14.5. The molecule has 0 aromatic heterocycles. The van der Waals surface area contributed by atoms with Gasteiger partial charge >= 0.3 is 5.97 Å². The van der Waals surface area contributed by atoms with E-state index in [2.05, 4.69) is 13.0 Å². The number of aliphatic hydroxyl groups excluding tert-OH is 1. The molecule has 3 aliphatic rings. The van der Waals surface area contributed by atoms with Crippen LogP contribution in [0.5, 0.6) is 0 Å². The van der Waals surface area contributed by atoms with E-state index in [1.165, 1.54) is 0 Å². The molecule has 0 aliphatic carbocycles. The van der Waals surface area contributed by atoms with Crippen LogP contribution in [0.2, 0.25) is 0 Å². The lowest BCUT2D eigenvalue weighted by molar-refractivity contribution is -0.320. The minimum absolute atomic E-state index is 0.0481. The molecule has 3 heterocycles. The second kappa shape index (κ2) is 20.2. The summed E-state index contributed by atoms with van der Waals surface area (Å²) >= 11 is 0. The molecule has 0 unspecified atom stereocenters. The molecule has 0 aromatic carbocycles. The molecule has 0 aromatic rings. The number of hydrogen-bond donors (Lipinski definition) is 2. The number of allylic oxidation sites excluding steroid dienone is 1. The smallest absolute Gasteiger partial charge is 0.311 e. The number of likely N-dealkylation sites (N-methyl/N-ethyl adjacent to an activating group) is 1. The third-order valence-corrected chi connectivity index (χ3v) is 12.9. The minimum Gasteiger partial charge on any atom is -0.459 e. The van der Waals surface area contributed by atoms with Gasteiger partial charge in [0.2, 0.25) is 0 Å². The number of aliphatic hydroxyl groups is 2. The highest BCUT2D eigenvalue weighted by Gasteiger charge is 2.53. The second-order valence-corrected chi connectivity index (χ2v) is 17.5. The maximum atomic E-state index is 14.5. The molecule has 0 spiro atoms. The summed E-state index contributed by atoms with van der Waals surface area (Å²) in [5, 5.41) is 24.0. The van der Waals surface area contributed by atoms with Crippen LogP contribution in [0, 0.1) is 23.7 Å². The molecular formula is C42H77NO12. The summed E-state index contributed by atoms with van der Waals surface area (Å²) in [6.07, 6.45) is -1.57. The lowest BCUT2D eigenvalue weighted by Gasteiger charge is -2.50. The van der Waals surface area contributed by atoms with Crippen LogP contribution >= 0.6 is 0 Å². The van der Waals surface area contributed by atoms with Gasteiger partial charge in [0.05, 0.1) is 41.5 Å². The van der Waals surface area contributed by atoms with Crippen LogP contribution in [0.3, 0.4) is 0 Å². The number of hydrogen-bond acceptors (Lipinski definition) is 13. The fraction of sp³-hybridized carbons (Fsp3) is 0.929. The van der Waals surface area contributed by atoms with Gasteiger partial charge in [-0.2, -0.15) is 0 Å². The molecule has 17 atom stereocenters. The Balaban J connectivity index is 2.25. The Morgan fingerprint density at radius 3 is 2.09 bits per heavy atom. The van der Waals surface area contributed by atoms with Crippen molar-refractivity contribution in [1.29, 1.82) is 0 Å². The third kappa shape index (κ3) is 11.1. The first-order valence-corrected chi connectivity index (χ1v) is 20.3. The van der Waals surface area contributed by atoms with Crippen LogP contribution in [0.4, 0.5) is 0 Å². The lowest BCUT2D eigenvalue weighted by Crippen LogP contribution is -2.61. The SMILES string of the molecule is CC[C@H]1OC(=O)[C@H](C)[C@@H](O[C@H]2C[C@@](C)(OC)[C@@H](OC)[C@H](C)O2)[C@H](C)[C@@H](O[C@@H]2O[C@H](C)C[C@H](N(C)C)[C@H]2O)[C@](C)(OC)C[C@@H](C)/C=C(/C)[C@@H](CCOC)[C@]1(C)O. The summed E-state index contributed by atoms with van der Waals surface area (Å²) in [6, 6.07) is -0.206. The maximum Gasteiger partial charge on any atom is 0.311 e. The lowest BCUT2D eigenvalue weighted by atomic mass is 9.74. The molecule has 0 saturated carbocycles. The number of cyclic esters (lactones) is 1. The molecule has 2 N–H and O–H groups in total. The van der Waals surface area contributed by atoms with Gasteiger partial charge in [-0.3, -0.25) is 4.79 Å². The van der Waals surface area contributed by atoms with Gasteiger partial charge in [0, 0.05) is 59.3 Å². The van der Waals surface area contributed by atoms with E-state index in [1.807, 2.05) is 67.5 Å². The fourth-order valence-electron chi connectivity index (χ4n) is 9.71. The largest absolute Gasteiger partial charge is 0.459 e. The Kier molecular flexibility index (Phi) is 17.6. The van der Waals surface area contributed by atoms with Crippen molar-refractivity contribution in [3.63, 3.8) is 0 Å². The highest BCUT2D eigenvalue weighted by atomic mass is 16.7. The molecule has 322 valence electrons. The first-order chi connectivity index (χ1) is 25.6. The summed E-state index contributed by atoms with van der Waals surface area (Å²) < 4.78 is 56.8. The van der Waals surface area contributed by atoms with Gasteiger partial charge in [0.15, 0.2) is 12.6 Å². The van der Waals surface area contributed by atoms with Gasteiger partial charge in [0.1, 0.15) is 23.9 Å². The molecule has 2 fully saturated rings. The van der Waals surface area contributed by atoms with Gasteiger partial charge in [-0.25, -0.2) is 0 Å². The predicted molar refractivity (Wildman–Crippen MR) is 209 cm³/mol. The monoisotopic (exact) mass is 788 g/mol. The van der Waals surface area contributed by atoms with Crippen molar-refractivity contribution < 1.29 is 57.6 Å². The van der Waals surface area contributed by atoms with Crippen LogP contribution in [0.25, 0.3) is 0 Å². The standard InChI is InChI=1S/C42H77NO12/c1-17-32-42(10,46)30(18-19-47-13)25(3)20-24(2)22-40(8,49-15)36(55-39-34(44)31(43(11)12)21-26(4)51-39)27(5)35(28(6)38(45)53-32)54-33-23-41(9,50-16)37(48-14)29(7)52-33/h20,24,26-37,39,44,46H,17-19,21-23H2,1-16H3/b25-20-/t24-,26+,27-,28+,29-,30+,31-,32+,33-,34+,35-,36+,37-,39-,40+,41+,42-/m0/s1. The van der Waals surface area contributed by atoms with Crippen LogP contribution in [-0.4, -0.2) is 148 Å². The highest BCUT2D eigenvalue weighted by molar-refractivity contribution is 5.73. The third-order valence-electron chi connectivity index (χ3n) is 12.9. The van der Waals surface area contributed by atoms with Gasteiger partial charge < -0.3 is 57.7 Å². The van der Waals surface area contributed by atoms with E-state index in [0.717, 1.165) is 5.57 Å². The zero-order valence-electron chi connectivity index (χ0n) is 36.8. The number of methoxy groups -OCH3 is 4. The van der Waals surface area contributed by atoms with Crippen LogP contribution < -0.4 is 0 Å². The molecule has 2 saturated heterocycles. The zero-order valence-corrected chi connectivity index (χ0v) is 36.8. The van der Waals surface area contributed by atoms with Crippen LogP contribution in [0.15, 0.2) is 11.6 Å². The van der Waals surface area contributed by atoms with Gasteiger partial charge in [-0.05, 0) is 94.2 Å². The van der Waals surface area contributed by atoms with E-state index in [-0.39, 0.29) is 30.1 Å². The van der Waals surface area contributed by atoms with Gasteiger partial charge in [-0.15, -0.1) is 0 Å². The van der Waals surface area contributed by atoms with E-state index in [0.29, 0.717) is 38.7 Å². The van der Waals surface area contributed by atoms with Crippen molar-refractivity contribution in [2.75, 3.05) is 49.1 Å². The van der Waals surface area contributed by atoms with Crippen molar-refractivity contribution in [2.45, 2.75) is 179 Å². The molecule has 55 heavy (non-hydrogen) atoms. The van der Waals surface area contributed by atoms with Crippen molar-refractivity contribution in [1.82, 2.24) is 4.90 Å². The summed E-state index contributed by atoms with van der Waals surface area (Å²) in [7, 11) is 10.5. The average Bonchev–Trinajstić information content (AvgIpc) is 3.11. The van der Waals surface area contributed by atoms with E-state index < -0.39 is 77.7 Å². The molecule has 3 rings (SSSR count). The van der Waals surface area contributed by atoms with Crippen LogP contribution in [-0.2, 0) is 47.4 Å². The number of esters is 1. The normalized spacial score (nSPS) is 46.5. The number of rotatable bonds is 12. The summed E-state index contributed by atoms with van der Waals surface area (Å²) in [5.41, 5.74) is -2.17. The van der Waals surface area contributed by atoms with E-state index >= 15 is 0 Å². The van der Waals surface area contributed by atoms with Gasteiger partial charge in [-0.1, -0.05) is 32.4 Å². The molecule has 13 heteroatoms. The molecule has 13 nitrogen and oxygen atoms in total. The quantitative estimate of drug-likeness (QED) is 0.200. The van der Waals surface area contributed by atoms with Gasteiger partial charge in [0.25, 0.3) is 0 Å². The molecule has 3 aliphatic heterocycles. The highest BCUT2D eigenvalue weighted by Crippen LogP contribution is 2.42. The fourth-order valence-corrected chi connectivity index (χ4v) is 9.71. The predicted octanol–water partition coefficient (Wildman–Crippen LogP) is 5.13. The van der Waals surface area contributed by atoms with Crippen molar-refractivity contribution in [3.05, 3.63) is 11.6 Å². The van der Waals surface area contributed by atoms with E-state index in [4.69, 9.17) is 42.6 Å². The Bertz CT molecular complexity index is 1230. The number of ether oxygens (including phenoxy) is 9. The molecule has 0 amide bonds. The van der Waals surface area contributed by atoms with Crippen molar-refractivity contribution >= 4 is 5.97 Å². The molecule has 0 radical (unpaired) electrons. The Morgan fingerprint density at radius 1 is 0.927 bits per heavy atom. The first kappa shape index (κ1) is 48.1. The number of carbonyl (C=O) groups is 1. The zero-order chi connectivity index (χ0) is 41.6. The molecule has 0 bridgehead atoms.